The zero-order chi connectivity index (χ0) is 16.4. The van der Waals surface area contributed by atoms with Gasteiger partial charge in [0.25, 0.3) is 0 Å². The van der Waals surface area contributed by atoms with Crippen LogP contribution in [-0.4, -0.2) is 111 Å². The molecule has 2 aliphatic heterocycles. The van der Waals surface area contributed by atoms with E-state index < -0.39 is 61.7 Å². The number of hydrogen-bond acceptors (Lipinski definition) is 10. The van der Waals surface area contributed by atoms with Crippen LogP contribution in [0.5, 0.6) is 0 Å². The van der Waals surface area contributed by atoms with Gasteiger partial charge >= 0.3 is 0 Å². The van der Waals surface area contributed by atoms with E-state index >= 15 is 0 Å². The van der Waals surface area contributed by atoms with E-state index in [0.29, 0.717) is 0 Å². The van der Waals surface area contributed by atoms with Gasteiger partial charge in [0.05, 0.1) is 25.4 Å². The third kappa shape index (κ3) is 3.41. The Bertz CT molecular complexity index is 357. The molecule has 10 heteroatoms. The topological polar surface area (TPSA) is 172 Å². The van der Waals surface area contributed by atoms with Crippen molar-refractivity contribution in [1.82, 2.24) is 5.32 Å². The fraction of sp³-hybridized carbons (Fsp3) is 1.00. The molecule has 9 atom stereocenters. The minimum atomic E-state index is -1.59. The predicted octanol–water partition coefficient (Wildman–Crippen LogP) is -5.14. The molecule has 0 aromatic heterocycles. The molecule has 22 heavy (non-hydrogen) atoms. The van der Waals surface area contributed by atoms with E-state index in [2.05, 4.69) is 5.32 Å². The van der Waals surface area contributed by atoms with Crippen LogP contribution in [0.25, 0.3) is 0 Å². The summed E-state index contributed by atoms with van der Waals surface area (Å²) in [7, 11) is 0. The highest BCUT2D eigenvalue weighted by Gasteiger charge is 2.47. The van der Waals surface area contributed by atoms with Crippen LogP contribution in [0.2, 0.25) is 0 Å². The van der Waals surface area contributed by atoms with Crippen LogP contribution in [-0.2, 0) is 9.47 Å². The number of rotatable bonds is 4. The number of hydrogen-bond donors (Lipinski definition) is 8. The molecule has 2 saturated heterocycles. The molecule has 0 saturated carbocycles. The molecule has 2 aliphatic rings. The third-order valence-electron chi connectivity index (χ3n) is 4.08. The first-order valence-corrected chi connectivity index (χ1v) is 7.07. The van der Waals surface area contributed by atoms with Gasteiger partial charge in [0.1, 0.15) is 36.6 Å². The van der Waals surface area contributed by atoms with Crippen molar-refractivity contribution >= 4 is 0 Å². The lowest BCUT2D eigenvalue weighted by molar-refractivity contribution is -0.321. The van der Waals surface area contributed by atoms with Crippen LogP contribution in [0, 0.1) is 0 Å². The fourth-order valence-corrected chi connectivity index (χ4v) is 2.62. The molecule has 0 aromatic rings. The zero-order valence-electron chi connectivity index (χ0n) is 11.8. The fourth-order valence-electron chi connectivity index (χ4n) is 2.62. The summed E-state index contributed by atoms with van der Waals surface area (Å²) in [4.78, 5) is 0. The van der Waals surface area contributed by atoms with Crippen LogP contribution in [0.4, 0.5) is 0 Å². The van der Waals surface area contributed by atoms with Gasteiger partial charge in [-0.15, -0.1) is 0 Å². The third-order valence-corrected chi connectivity index (χ3v) is 4.08. The number of ether oxygens (including phenoxy) is 2. The van der Waals surface area contributed by atoms with E-state index in [1.165, 1.54) is 0 Å². The Labute approximate surface area is 126 Å². The van der Waals surface area contributed by atoms with Crippen molar-refractivity contribution in [3.05, 3.63) is 0 Å². The lowest BCUT2D eigenvalue weighted by atomic mass is 9.95. The van der Waals surface area contributed by atoms with E-state index in [1.807, 2.05) is 0 Å². The Hall–Kier alpha value is -0.400. The molecule has 2 fully saturated rings. The van der Waals surface area contributed by atoms with Gasteiger partial charge in [0.15, 0.2) is 6.29 Å². The monoisotopic (exact) mass is 325 g/mol. The predicted molar refractivity (Wildman–Crippen MR) is 69.5 cm³/mol. The Balaban J connectivity index is 2.00. The van der Waals surface area contributed by atoms with Gasteiger partial charge in [-0.2, -0.15) is 0 Å². The van der Waals surface area contributed by atoms with E-state index in [9.17, 15) is 25.5 Å². The maximum atomic E-state index is 9.97. The van der Waals surface area contributed by atoms with Crippen molar-refractivity contribution in [2.24, 2.45) is 0 Å². The molecule has 2 rings (SSSR count). The zero-order valence-corrected chi connectivity index (χ0v) is 11.8. The van der Waals surface area contributed by atoms with Gasteiger partial charge in [-0.3, -0.25) is 0 Å². The van der Waals surface area contributed by atoms with E-state index in [0.717, 1.165) is 0 Å². The second-order valence-electron chi connectivity index (χ2n) is 5.55. The molecule has 0 aromatic carbocycles. The van der Waals surface area contributed by atoms with E-state index in [-0.39, 0.29) is 13.2 Å². The Kier molecular flexibility index (Phi) is 6.07. The van der Waals surface area contributed by atoms with Crippen molar-refractivity contribution in [3.8, 4) is 0 Å². The number of nitrogens with one attached hydrogen (secondary N) is 1. The Morgan fingerprint density at radius 2 is 1.55 bits per heavy atom. The molecule has 0 unspecified atom stereocenters. The minimum Gasteiger partial charge on any atom is -0.395 e. The first-order chi connectivity index (χ1) is 10.4. The second kappa shape index (κ2) is 7.45. The summed E-state index contributed by atoms with van der Waals surface area (Å²) in [6, 6.07) is -0.704. The van der Waals surface area contributed by atoms with Crippen molar-refractivity contribution in [2.45, 2.75) is 55.1 Å². The lowest BCUT2D eigenvalue weighted by Crippen LogP contribution is -2.65. The average molecular weight is 325 g/mol. The molecule has 0 radical (unpaired) electrons. The molecule has 0 amide bonds. The molecule has 2 heterocycles. The smallest absolute Gasteiger partial charge is 0.187 e. The van der Waals surface area contributed by atoms with Gasteiger partial charge in [-0.25, -0.2) is 0 Å². The van der Waals surface area contributed by atoms with Gasteiger partial charge in [-0.05, 0) is 0 Å². The highest BCUT2D eigenvalue weighted by molar-refractivity contribution is 4.95. The number of aliphatic hydroxyl groups is 7. The Morgan fingerprint density at radius 1 is 0.864 bits per heavy atom. The molecular weight excluding hydrogens is 302 g/mol. The Morgan fingerprint density at radius 3 is 2.14 bits per heavy atom. The summed E-state index contributed by atoms with van der Waals surface area (Å²) >= 11 is 0. The van der Waals surface area contributed by atoms with Gasteiger partial charge in [-0.1, -0.05) is 0 Å². The van der Waals surface area contributed by atoms with Crippen LogP contribution < -0.4 is 5.32 Å². The first-order valence-electron chi connectivity index (χ1n) is 7.07. The van der Waals surface area contributed by atoms with Crippen LogP contribution in [0.3, 0.4) is 0 Å². The van der Waals surface area contributed by atoms with Crippen LogP contribution in [0.1, 0.15) is 0 Å². The van der Waals surface area contributed by atoms with Crippen molar-refractivity contribution in [3.63, 3.8) is 0 Å². The SMILES string of the molecule is OC[C@@H]1NC[C@H](O[C@@H]2O[C@H](CO)[C@@H](O)[C@H](O)[C@H]2O)[C@H](O)[C@H]1O. The van der Waals surface area contributed by atoms with Gasteiger partial charge in [0.2, 0.25) is 0 Å². The summed E-state index contributed by atoms with van der Waals surface area (Å²) in [6.07, 6.45) is -10.8. The minimum absolute atomic E-state index is 0.0679. The largest absolute Gasteiger partial charge is 0.395 e. The molecule has 130 valence electrons. The average Bonchev–Trinajstić information content (AvgIpc) is 2.52. The van der Waals surface area contributed by atoms with E-state index in [4.69, 9.17) is 19.7 Å². The first kappa shape index (κ1) is 17.9. The summed E-state index contributed by atoms with van der Waals surface area (Å²) in [5.74, 6) is 0. The maximum Gasteiger partial charge on any atom is 0.187 e. The van der Waals surface area contributed by atoms with Crippen molar-refractivity contribution in [1.29, 1.82) is 0 Å². The van der Waals surface area contributed by atoms with Crippen molar-refractivity contribution in [2.75, 3.05) is 19.8 Å². The highest BCUT2D eigenvalue weighted by atomic mass is 16.7. The molecule has 10 nitrogen and oxygen atoms in total. The number of piperidine rings is 1. The molecule has 0 aliphatic carbocycles. The normalized spacial score (nSPS) is 50.0. The standard InChI is InChI=1S/C12H23NO9/c14-2-4-7(16)8(17)5(1-13-4)21-12-11(20)10(19)9(18)6(3-15)22-12/h4-20H,1-3H2/t4-,5-,6+,7-,8-,9+,10-,11+,12+/m0/s1. The van der Waals surface area contributed by atoms with Crippen LogP contribution in [0.15, 0.2) is 0 Å². The molecule has 8 N–H and O–H groups in total. The molecule has 0 bridgehead atoms. The summed E-state index contributed by atoms with van der Waals surface area (Å²) in [6.45, 7) is -0.894. The van der Waals surface area contributed by atoms with Crippen molar-refractivity contribution < 1.29 is 45.2 Å². The van der Waals surface area contributed by atoms with Gasteiger partial charge < -0.3 is 50.5 Å². The number of aliphatic hydroxyl groups excluding tert-OH is 7. The summed E-state index contributed by atoms with van der Waals surface area (Å²) in [5.41, 5.74) is 0. The maximum absolute atomic E-state index is 9.97. The quantitative estimate of drug-likeness (QED) is 0.250. The highest BCUT2D eigenvalue weighted by Crippen LogP contribution is 2.25. The lowest BCUT2D eigenvalue weighted by Gasteiger charge is -2.43. The molecule has 0 spiro atoms. The van der Waals surface area contributed by atoms with Gasteiger partial charge in [0, 0.05) is 6.54 Å². The van der Waals surface area contributed by atoms with Crippen LogP contribution >= 0.6 is 0 Å². The summed E-state index contributed by atoms with van der Waals surface area (Å²) in [5, 5.41) is 69.8. The molecular formula is C12H23NO9. The second-order valence-corrected chi connectivity index (χ2v) is 5.55. The van der Waals surface area contributed by atoms with E-state index in [1.54, 1.807) is 0 Å². The summed E-state index contributed by atoms with van der Waals surface area (Å²) < 4.78 is 10.5.